The number of hydrogen-bond acceptors (Lipinski definition) is 7. The minimum atomic E-state index is 0.164. The zero-order valence-corrected chi connectivity index (χ0v) is 10.9. The minimum Gasteiger partial charge on any atom is -0.473 e. The monoisotopic (exact) mass is 274 g/mol. The van der Waals surface area contributed by atoms with Crippen LogP contribution in [0, 0.1) is 0 Å². The lowest BCUT2D eigenvalue weighted by Gasteiger charge is -2.08. The molecule has 2 aromatic rings. The molecule has 7 nitrogen and oxygen atoms in total. The van der Waals surface area contributed by atoms with E-state index < -0.39 is 0 Å². The summed E-state index contributed by atoms with van der Waals surface area (Å²) in [4.78, 5) is 8.01. The van der Waals surface area contributed by atoms with Crippen LogP contribution in [-0.2, 0) is 6.61 Å². The molecule has 0 bridgehead atoms. The van der Waals surface area contributed by atoms with Crippen molar-refractivity contribution >= 4 is 11.8 Å². The van der Waals surface area contributed by atoms with Crippen molar-refractivity contribution in [2.24, 2.45) is 0 Å². The Morgan fingerprint density at radius 3 is 2.95 bits per heavy atom. The van der Waals surface area contributed by atoms with Gasteiger partial charge in [-0.2, -0.15) is 9.97 Å². The number of rotatable bonds is 4. The Balaban J connectivity index is 1.71. The molecule has 104 valence electrons. The van der Waals surface area contributed by atoms with Gasteiger partial charge < -0.3 is 25.3 Å². The second-order valence-corrected chi connectivity index (χ2v) is 4.18. The fourth-order valence-electron chi connectivity index (χ4n) is 1.83. The average Bonchev–Trinajstić information content (AvgIpc) is 2.92. The van der Waals surface area contributed by atoms with Gasteiger partial charge in [0.2, 0.25) is 18.6 Å². The van der Waals surface area contributed by atoms with Crippen molar-refractivity contribution < 1.29 is 14.2 Å². The molecule has 1 aliphatic rings. The molecule has 0 saturated carbocycles. The third kappa shape index (κ3) is 2.51. The van der Waals surface area contributed by atoms with Gasteiger partial charge in [0.15, 0.2) is 11.5 Å². The highest BCUT2D eigenvalue weighted by molar-refractivity contribution is 5.45. The molecule has 7 heteroatoms. The molecule has 0 fully saturated rings. The Bertz CT molecular complexity index is 633. The molecule has 0 aliphatic carbocycles. The summed E-state index contributed by atoms with van der Waals surface area (Å²) < 4.78 is 16.2. The maximum atomic E-state index is 5.61. The van der Waals surface area contributed by atoms with Crippen LogP contribution >= 0.6 is 0 Å². The smallest absolute Gasteiger partial charge is 0.231 e. The zero-order valence-electron chi connectivity index (χ0n) is 10.9. The van der Waals surface area contributed by atoms with Crippen LogP contribution < -0.4 is 25.3 Å². The van der Waals surface area contributed by atoms with Crippen LogP contribution in [0.3, 0.4) is 0 Å². The van der Waals surface area contributed by atoms with E-state index in [4.69, 9.17) is 19.9 Å². The number of fused-ring (bicyclic) bond motifs is 1. The summed E-state index contributed by atoms with van der Waals surface area (Å²) in [5.74, 6) is 2.66. The van der Waals surface area contributed by atoms with Crippen molar-refractivity contribution in [3.63, 3.8) is 0 Å². The van der Waals surface area contributed by atoms with E-state index in [1.165, 1.54) is 0 Å². The topological polar surface area (TPSA) is 91.5 Å². The van der Waals surface area contributed by atoms with Crippen molar-refractivity contribution in [3.8, 4) is 17.4 Å². The molecule has 3 rings (SSSR count). The lowest BCUT2D eigenvalue weighted by Crippen LogP contribution is -2.03. The molecule has 0 atom stereocenters. The van der Waals surface area contributed by atoms with Crippen LogP contribution in [0.2, 0.25) is 0 Å². The van der Waals surface area contributed by atoms with Crippen LogP contribution in [0.15, 0.2) is 24.3 Å². The summed E-state index contributed by atoms with van der Waals surface area (Å²) in [5.41, 5.74) is 6.55. The molecular formula is C13H14N4O3. The average molecular weight is 274 g/mol. The molecule has 0 unspecified atom stereocenters. The fraction of sp³-hybridized carbons (Fsp3) is 0.231. The molecule has 3 N–H and O–H groups in total. The fourth-order valence-corrected chi connectivity index (χ4v) is 1.83. The maximum Gasteiger partial charge on any atom is 0.231 e. The van der Waals surface area contributed by atoms with Gasteiger partial charge in [-0.25, -0.2) is 0 Å². The SMILES string of the molecule is CNc1cc(OCc2ccc3c(c2)OCO3)nc(N)n1. The van der Waals surface area contributed by atoms with Gasteiger partial charge in [0.05, 0.1) is 0 Å². The van der Waals surface area contributed by atoms with Crippen molar-refractivity contribution in [1.29, 1.82) is 0 Å². The molecule has 2 heterocycles. The standard InChI is InChI=1S/C13H14N4O3/c1-15-11-5-12(17-13(14)16-11)18-6-8-2-3-9-10(4-8)20-7-19-9/h2-5H,6-7H2,1H3,(H3,14,15,16,17). The van der Waals surface area contributed by atoms with E-state index in [1.807, 2.05) is 18.2 Å². The molecule has 0 saturated heterocycles. The van der Waals surface area contributed by atoms with E-state index in [1.54, 1.807) is 13.1 Å². The minimum absolute atomic E-state index is 0.164. The van der Waals surface area contributed by atoms with Crippen LogP contribution in [0.5, 0.6) is 17.4 Å². The predicted molar refractivity (Wildman–Crippen MR) is 72.9 cm³/mol. The van der Waals surface area contributed by atoms with Gasteiger partial charge in [-0.3, -0.25) is 0 Å². The predicted octanol–water partition coefficient (Wildman–Crippen LogP) is 1.41. The molecule has 1 aromatic heterocycles. The first-order valence-electron chi connectivity index (χ1n) is 6.08. The van der Waals surface area contributed by atoms with Gasteiger partial charge in [-0.05, 0) is 17.7 Å². The first-order chi connectivity index (χ1) is 9.74. The van der Waals surface area contributed by atoms with E-state index in [2.05, 4.69) is 15.3 Å². The molecule has 20 heavy (non-hydrogen) atoms. The Kier molecular flexibility index (Phi) is 3.16. The van der Waals surface area contributed by atoms with Gasteiger partial charge in [-0.1, -0.05) is 6.07 Å². The van der Waals surface area contributed by atoms with Crippen LogP contribution in [0.1, 0.15) is 5.56 Å². The molecule has 1 aliphatic heterocycles. The van der Waals surface area contributed by atoms with Crippen LogP contribution in [0.4, 0.5) is 11.8 Å². The Morgan fingerprint density at radius 2 is 2.10 bits per heavy atom. The number of anilines is 2. The second kappa shape index (κ2) is 5.12. The number of nitrogen functional groups attached to an aromatic ring is 1. The maximum absolute atomic E-state index is 5.61. The van der Waals surface area contributed by atoms with Crippen LogP contribution in [0.25, 0.3) is 0 Å². The highest BCUT2D eigenvalue weighted by Gasteiger charge is 2.13. The van der Waals surface area contributed by atoms with Crippen LogP contribution in [-0.4, -0.2) is 23.8 Å². The normalized spacial score (nSPS) is 12.2. The van der Waals surface area contributed by atoms with Gasteiger partial charge >= 0.3 is 0 Å². The Hall–Kier alpha value is -2.70. The lowest BCUT2D eigenvalue weighted by molar-refractivity contribution is 0.174. The summed E-state index contributed by atoms with van der Waals surface area (Å²) >= 11 is 0. The number of benzene rings is 1. The Morgan fingerprint density at radius 1 is 1.25 bits per heavy atom. The molecule has 0 spiro atoms. The summed E-state index contributed by atoms with van der Waals surface area (Å²) in [6.07, 6.45) is 0. The Labute approximate surface area is 115 Å². The summed E-state index contributed by atoms with van der Waals surface area (Å²) in [5, 5.41) is 2.89. The first kappa shape index (κ1) is 12.3. The molecular weight excluding hydrogens is 260 g/mol. The van der Waals surface area contributed by atoms with Gasteiger partial charge in [0.25, 0.3) is 0 Å². The summed E-state index contributed by atoms with van der Waals surface area (Å²) in [7, 11) is 1.75. The van der Waals surface area contributed by atoms with Gasteiger partial charge in [-0.15, -0.1) is 0 Å². The van der Waals surface area contributed by atoms with Crippen molar-refractivity contribution in [1.82, 2.24) is 9.97 Å². The largest absolute Gasteiger partial charge is 0.473 e. The van der Waals surface area contributed by atoms with Gasteiger partial charge in [0, 0.05) is 13.1 Å². The molecule has 0 radical (unpaired) electrons. The number of aromatic nitrogens is 2. The highest BCUT2D eigenvalue weighted by Crippen LogP contribution is 2.32. The van der Waals surface area contributed by atoms with E-state index in [0.717, 1.165) is 17.1 Å². The van der Waals surface area contributed by atoms with E-state index >= 15 is 0 Å². The third-order valence-electron chi connectivity index (χ3n) is 2.80. The van der Waals surface area contributed by atoms with E-state index in [-0.39, 0.29) is 12.7 Å². The zero-order chi connectivity index (χ0) is 13.9. The number of hydrogen-bond donors (Lipinski definition) is 2. The van der Waals surface area contributed by atoms with E-state index in [0.29, 0.717) is 18.3 Å². The number of nitrogens with zero attached hydrogens (tertiary/aromatic N) is 2. The molecule has 1 aromatic carbocycles. The van der Waals surface area contributed by atoms with Crippen molar-refractivity contribution in [3.05, 3.63) is 29.8 Å². The van der Waals surface area contributed by atoms with Crippen molar-refractivity contribution in [2.45, 2.75) is 6.61 Å². The number of ether oxygens (including phenoxy) is 3. The number of nitrogens with one attached hydrogen (secondary N) is 1. The van der Waals surface area contributed by atoms with E-state index in [9.17, 15) is 0 Å². The second-order valence-electron chi connectivity index (χ2n) is 4.18. The summed E-state index contributed by atoms with van der Waals surface area (Å²) in [6.45, 7) is 0.615. The lowest BCUT2D eigenvalue weighted by atomic mass is 10.2. The third-order valence-corrected chi connectivity index (χ3v) is 2.80. The highest BCUT2D eigenvalue weighted by atomic mass is 16.7. The molecule has 0 amide bonds. The van der Waals surface area contributed by atoms with Gasteiger partial charge in [0.1, 0.15) is 12.4 Å². The van der Waals surface area contributed by atoms with Crippen molar-refractivity contribution in [2.75, 3.05) is 24.9 Å². The first-order valence-corrected chi connectivity index (χ1v) is 6.08. The number of nitrogens with two attached hydrogens (primary N) is 1. The quantitative estimate of drug-likeness (QED) is 0.870. The summed E-state index contributed by atoms with van der Waals surface area (Å²) in [6, 6.07) is 7.33.